The van der Waals surface area contributed by atoms with Crippen LogP contribution in [0.5, 0.6) is 0 Å². The van der Waals surface area contributed by atoms with Crippen LogP contribution in [0.1, 0.15) is 40.5 Å². The van der Waals surface area contributed by atoms with Gasteiger partial charge in [-0.15, -0.1) is 0 Å². The molecule has 3 heteroatoms. The first-order chi connectivity index (χ1) is 7.95. The van der Waals surface area contributed by atoms with Gasteiger partial charge in [-0.1, -0.05) is 13.8 Å². The van der Waals surface area contributed by atoms with Crippen molar-refractivity contribution in [2.24, 2.45) is 17.6 Å². The molecule has 3 nitrogen and oxygen atoms in total. The second kappa shape index (κ2) is 6.72. The normalized spacial score (nSPS) is 22.9. The summed E-state index contributed by atoms with van der Waals surface area (Å²) in [5, 5.41) is 0. The van der Waals surface area contributed by atoms with Crippen molar-refractivity contribution in [2.45, 2.75) is 46.1 Å². The average molecular weight is 242 g/mol. The predicted molar refractivity (Wildman–Crippen MR) is 73.1 cm³/mol. The summed E-state index contributed by atoms with van der Waals surface area (Å²) in [6.07, 6.45) is 2.47. The molecule has 0 aromatic carbocycles. The summed E-state index contributed by atoms with van der Waals surface area (Å²) in [7, 11) is 0. The molecule has 1 atom stereocenters. The van der Waals surface area contributed by atoms with Crippen LogP contribution in [0.4, 0.5) is 0 Å². The third-order valence-corrected chi connectivity index (χ3v) is 3.76. The van der Waals surface area contributed by atoms with Crippen molar-refractivity contribution in [3.05, 3.63) is 0 Å². The fraction of sp³-hybridized carbons (Fsp3) is 1.00. The molecular formula is C14H30N2O. The minimum absolute atomic E-state index is 0.190. The average Bonchev–Trinajstić information content (AvgIpc) is 2.24. The Labute approximate surface area is 107 Å². The third kappa shape index (κ3) is 4.94. The van der Waals surface area contributed by atoms with Gasteiger partial charge in [0.25, 0.3) is 0 Å². The Morgan fingerprint density at radius 2 is 2.06 bits per heavy atom. The van der Waals surface area contributed by atoms with Crippen molar-refractivity contribution in [1.29, 1.82) is 0 Å². The van der Waals surface area contributed by atoms with E-state index in [0.29, 0.717) is 5.92 Å². The molecule has 17 heavy (non-hydrogen) atoms. The van der Waals surface area contributed by atoms with Crippen molar-refractivity contribution in [3.63, 3.8) is 0 Å². The van der Waals surface area contributed by atoms with Crippen molar-refractivity contribution in [1.82, 2.24) is 4.90 Å². The molecule has 0 spiro atoms. The van der Waals surface area contributed by atoms with Crippen LogP contribution in [0.3, 0.4) is 0 Å². The van der Waals surface area contributed by atoms with E-state index in [1.54, 1.807) is 0 Å². The lowest BCUT2D eigenvalue weighted by molar-refractivity contribution is -0.0528. The second-order valence-corrected chi connectivity index (χ2v) is 6.37. The summed E-state index contributed by atoms with van der Waals surface area (Å²) < 4.78 is 5.55. The van der Waals surface area contributed by atoms with E-state index in [-0.39, 0.29) is 5.54 Å². The molecule has 1 aliphatic heterocycles. The molecule has 0 saturated carbocycles. The first kappa shape index (κ1) is 14.9. The Balaban J connectivity index is 2.37. The van der Waals surface area contributed by atoms with E-state index in [1.807, 2.05) is 0 Å². The number of morpholine rings is 1. The molecule has 1 saturated heterocycles. The van der Waals surface area contributed by atoms with E-state index in [4.69, 9.17) is 10.5 Å². The zero-order valence-corrected chi connectivity index (χ0v) is 12.0. The Kier molecular flexibility index (Phi) is 5.90. The lowest BCUT2D eigenvalue weighted by Crippen LogP contribution is -2.53. The molecule has 0 bridgehead atoms. The van der Waals surface area contributed by atoms with Gasteiger partial charge >= 0.3 is 0 Å². The van der Waals surface area contributed by atoms with Crippen LogP contribution >= 0.6 is 0 Å². The first-order valence-electron chi connectivity index (χ1n) is 6.98. The monoisotopic (exact) mass is 242 g/mol. The first-order valence-corrected chi connectivity index (χ1v) is 6.98. The van der Waals surface area contributed by atoms with E-state index in [1.165, 1.54) is 12.8 Å². The molecule has 1 aliphatic rings. The second-order valence-electron chi connectivity index (χ2n) is 6.37. The standard InChI is InChI=1S/C14H30N2O/c1-12(2)9-13(10-15)5-6-16-7-8-17-11-14(16,3)4/h12-13H,5-11,15H2,1-4H3. The van der Waals surface area contributed by atoms with E-state index in [0.717, 1.165) is 38.8 Å². The molecule has 2 N–H and O–H groups in total. The topological polar surface area (TPSA) is 38.5 Å². The van der Waals surface area contributed by atoms with Gasteiger partial charge in [-0.25, -0.2) is 0 Å². The SMILES string of the molecule is CC(C)CC(CN)CCN1CCOCC1(C)C. The van der Waals surface area contributed by atoms with Gasteiger partial charge in [0.1, 0.15) is 0 Å². The van der Waals surface area contributed by atoms with Crippen molar-refractivity contribution in [3.8, 4) is 0 Å². The Morgan fingerprint density at radius 3 is 2.59 bits per heavy atom. The maximum Gasteiger partial charge on any atom is 0.0645 e. The fourth-order valence-corrected chi connectivity index (χ4v) is 2.64. The number of ether oxygens (including phenoxy) is 1. The van der Waals surface area contributed by atoms with Crippen molar-refractivity contribution in [2.75, 3.05) is 32.8 Å². The van der Waals surface area contributed by atoms with Crippen LogP contribution in [0.2, 0.25) is 0 Å². The minimum Gasteiger partial charge on any atom is -0.378 e. The Hall–Kier alpha value is -0.120. The van der Waals surface area contributed by atoms with Crippen molar-refractivity contribution < 1.29 is 4.74 Å². The maximum atomic E-state index is 5.86. The van der Waals surface area contributed by atoms with Crippen LogP contribution < -0.4 is 5.73 Å². The van der Waals surface area contributed by atoms with Gasteiger partial charge in [0.2, 0.25) is 0 Å². The number of nitrogens with zero attached hydrogens (tertiary/aromatic N) is 1. The molecule has 102 valence electrons. The van der Waals surface area contributed by atoms with Crippen LogP contribution in [-0.4, -0.2) is 43.3 Å². The lowest BCUT2D eigenvalue weighted by Gasteiger charge is -2.42. The molecular weight excluding hydrogens is 212 g/mol. The van der Waals surface area contributed by atoms with Gasteiger partial charge in [0, 0.05) is 12.1 Å². The van der Waals surface area contributed by atoms with Crippen LogP contribution in [0, 0.1) is 11.8 Å². The summed E-state index contributed by atoms with van der Waals surface area (Å²) in [6.45, 7) is 13.9. The fourth-order valence-electron chi connectivity index (χ4n) is 2.64. The van der Waals surface area contributed by atoms with Gasteiger partial charge in [-0.05, 0) is 51.6 Å². The molecule has 1 unspecified atom stereocenters. The van der Waals surface area contributed by atoms with E-state index >= 15 is 0 Å². The molecule has 0 radical (unpaired) electrons. The summed E-state index contributed by atoms with van der Waals surface area (Å²) >= 11 is 0. The molecule has 0 aliphatic carbocycles. The number of hydrogen-bond acceptors (Lipinski definition) is 3. The largest absolute Gasteiger partial charge is 0.378 e. The van der Waals surface area contributed by atoms with Crippen molar-refractivity contribution >= 4 is 0 Å². The number of hydrogen-bond donors (Lipinski definition) is 1. The van der Waals surface area contributed by atoms with Gasteiger partial charge in [-0.3, -0.25) is 4.90 Å². The summed E-state index contributed by atoms with van der Waals surface area (Å²) in [4.78, 5) is 2.56. The molecule has 0 amide bonds. The van der Waals surface area contributed by atoms with Gasteiger partial charge in [0.15, 0.2) is 0 Å². The Morgan fingerprint density at radius 1 is 1.35 bits per heavy atom. The van der Waals surface area contributed by atoms with Gasteiger partial charge in [-0.2, -0.15) is 0 Å². The van der Waals surface area contributed by atoms with E-state index < -0.39 is 0 Å². The van der Waals surface area contributed by atoms with Crippen LogP contribution in [0.25, 0.3) is 0 Å². The zero-order valence-electron chi connectivity index (χ0n) is 12.0. The molecule has 0 aromatic heterocycles. The smallest absolute Gasteiger partial charge is 0.0645 e. The molecule has 1 heterocycles. The van der Waals surface area contributed by atoms with E-state index in [9.17, 15) is 0 Å². The summed E-state index contributed by atoms with van der Waals surface area (Å²) in [6, 6.07) is 0. The predicted octanol–water partition coefficient (Wildman–Crippen LogP) is 2.11. The highest BCUT2D eigenvalue weighted by Gasteiger charge is 2.30. The highest BCUT2D eigenvalue weighted by Crippen LogP contribution is 2.21. The number of rotatable bonds is 6. The van der Waals surface area contributed by atoms with E-state index in [2.05, 4.69) is 32.6 Å². The lowest BCUT2D eigenvalue weighted by atomic mass is 9.93. The van der Waals surface area contributed by atoms with Crippen LogP contribution in [0.15, 0.2) is 0 Å². The maximum absolute atomic E-state index is 5.86. The minimum atomic E-state index is 0.190. The van der Waals surface area contributed by atoms with Gasteiger partial charge < -0.3 is 10.5 Å². The van der Waals surface area contributed by atoms with Crippen LogP contribution in [-0.2, 0) is 4.74 Å². The Bertz CT molecular complexity index is 216. The molecule has 1 rings (SSSR count). The summed E-state index contributed by atoms with van der Waals surface area (Å²) in [5.74, 6) is 1.43. The zero-order chi connectivity index (χ0) is 12.9. The third-order valence-electron chi connectivity index (χ3n) is 3.76. The highest BCUT2D eigenvalue weighted by molar-refractivity contribution is 4.84. The summed E-state index contributed by atoms with van der Waals surface area (Å²) in [5.41, 5.74) is 6.05. The number of nitrogens with two attached hydrogens (primary N) is 1. The molecule has 0 aromatic rings. The molecule has 1 fully saturated rings. The highest BCUT2D eigenvalue weighted by atomic mass is 16.5. The van der Waals surface area contributed by atoms with Gasteiger partial charge in [0.05, 0.1) is 13.2 Å². The quantitative estimate of drug-likeness (QED) is 0.775.